The zero-order chi connectivity index (χ0) is 16.4. The SMILES string of the molecule is Fc1cccc(N2CCCC2)c1CNC[C@H]1CN(C2CC2)CCO1. The van der Waals surface area contributed by atoms with Crippen LogP contribution in [-0.2, 0) is 11.3 Å². The number of nitrogens with one attached hydrogen (secondary N) is 1. The van der Waals surface area contributed by atoms with Gasteiger partial charge in [-0.05, 0) is 37.8 Å². The molecule has 0 amide bonds. The molecule has 2 aliphatic heterocycles. The lowest BCUT2D eigenvalue weighted by Gasteiger charge is -2.33. The number of morpholine rings is 1. The van der Waals surface area contributed by atoms with E-state index in [0.29, 0.717) is 6.54 Å². The van der Waals surface area contributed by atoms with Gasteiger partial charge < -0.3 is 15.0 Å². The fourth-order valence-electron chi connectivity index (χ4n) is 3.97. The summed E-state index contributed by atoms with van der Waals surface area (Å²) in [5.41, 5.74) is 1.86. The largest absolute Gasteiger partial charge is 0.374 e. The minimum atomic E-state index is -0.101. The van der Waals surface area contributed by atoms with Crippen molar-refractivity contribution in [1.82, 2.24) is 10.2 Å². The van der Waals surface area contributed by atoms with Crippen LogP contribution in [0.15, 0.2) is 18.2 Å². The second-order valence-corrected chi connectivity index (χ2v) is 7.28. The Morgan fingerprint density at radius 3 is 2.79 bits per heavy atom. The zero-order valence-corrected chi connectivity index (χ0v) is 14.3. The summed E-state index contributed by atoms with van der Waals surface area (Å²) in [6.45, 7) is 6.33. The molecule has 1 aliphatic carbocycles. The molecular weight excluding hydrogens is 305 g/mol. The Morgan fingerprint density at radius 1 is 1.17 bits per heavy atom. The van der Waals surface area contributed by atoms with Gasteiger partial charge in [0.2, 0.25) is 0 Å². The Balaban J connectivity index is 1.33. The molecule has 3 aliphatic rings. The lowest BCUT2D eigenvalue weighted by atomic mass is 10.1. The number of nitrogens with zero attached hydrogens (tertiary/aromatic N) is 2. The molecule has 0 bridgehead atoms. The summed E-state index contributed by atoms with van der Waals surface area (Å²) < 4.78 is 20.2. The summed E-state index contributed by atoms with van der Waals surface area (Å²) in [6, 6.07) is 6.24. The van der Waals surface area contributed by atoms with E-state index in [-0.39, 0.29) is 11.9 Å². The molecule has 1 aromatic rings. The highest BCUT2D eigenvalue weighted by Gasteiger charge is 2.32. The number of benzene rings is 1. The molecule has 1 N–H and O–H groups in total. The van der Waals surface area contributed by atoms with Crippen LogP contribution >= 0.6 is 0 Å². The van der Waals surface area contributed by atoms with Crippen molar-refractivity contribution in [1.29, 1.82) is 0 Å². The van der Waals surface area contributed by atoms with Crippen LogP contribution in [0.2, 0.25) is 0 Å². The van der Waals surface area contributed by atoms with Crippen LogP contribution in [0, 0.1) is 5.82 Å². The third-order valence-corrected chi connectivity index (χ3v) is 5.45. The van der Waals surface area contributed by atoms with Gasteiger partial charge in [-0.15, -0.1) is 0 Å². The predicted molar refractivity (Wildman–Crippen MR) is 93.9 cm³/mol. The monoisotopic (exact) mass is 333 g/mol. The molecule has 1 aromatic carbocycles. The fraction of sp³-hybridized carbons (Fsp3) is 0.684. The second-order valence-electron chi connectivity index (χ2n) is 7.28. The summed E-state index contributed by atoms with van der Waals surface area (Å²) in [5.74, 6) is -0.101. The van der Waals surface area contributed by atoms with Crippen molar-refractivity contribution >= 4 is 5.69 Å². The number of hydrogen-bond acceptors (Lipinski definition) is 4. The van der Waals surface area contributed by atoms with Gasteiger partial charge in [-0.2, -0.15) is 0 Å². The molecule has 4 nitrogen and oxygen atoms in total. The van der Waals surface area contributed by atoms with E-state index in [1.165, 1.54) is 25.7 Å². The summed E-state index contributed by atoms with van der Waals surface area (Å²) in [7, 11) is 0. The van der Waals surface area contributed by atoms with Gasteiger partial charge >= 0.3 is 0 Å². The van der Waals surface area contributed by atoms with Crippen LogP contribution in [0.4, 0.5) is 10.1 Å². The standard InChI is InChI=1S/C19H28FN3O/c20-18-4-3-5-19(22-8-1-2-9-22)17(18)13-21-12-16-14-23(10-11-24-16)15-6-7-15/h3-5,15-16,21H,1-2,6-14H2/t16-/m0/s1. The highest BCUT2D eigenvalue weighted by molar-refractivity contribution is 5.54. The molecule has 2 saturated heterocycles. The summed E-state index contributed by atoms with van der Waals surface area (Å²) in [6.07, 6.45) is 5.32. The molecular formula is C19H28FN3O. The van der Waals surface area contributed by atoms with E-state index in [4.69, 9.17) is 4.74 Å². The van der Waals surface area contributed by atoms with Gasteiger partial charge in [0.1, 0.15) is 5.82 Å². The van der Waals surface area contributed by atoms with E-state index in [1.54, 1.807) is 6.07 Å². The molecule has 0 aromatic heterocycles. The van der Waals surface area contributed by atoms with Crippen LogP contribution < -0.4 is 10.2 Å². The van der Waals surface area contributed by atoms with Gasteiger partial charge in [-0.1, -0.05) is 6.07 Å². The lowest BCUT2D eigenvalue weighted by molar-refractivity contribution is -0.0301. The first-order valence-electron chi connectivity index (χ1n) is 9.40. The number of anilines is 1. The Hall–Kier alpha value is -1.17. The topological polar surface area (TPSA) is 27.7 Å². The Morgan fingerprint density at radius 2 is 2.00 bits per heavy atom. The molecule has 0 unspecified atom stereocenters. The molecule has 1 atom stereocenters. The third-order valence-electron chi connectivity index (χ3n) is 5.45. The Kier molecular flexibility index (Phi) is 5.01. The van der Waals surface area contributed by atoms with Crippen molar-refractivity contribution < 1.29 is 9.13 Å². The Labute approximate surface area is 144 Å². The first kappa shape index (κ1) is 16.3. The zero-order valence-electron chi connectivity index (χ0n) is 14.3. The van der Waals surface area contributed by atoms with Gasteiger partial charge in [0.15, 0.2) is 0 Å². The quantitative estimate of drug-likeness (QED) is 0.865. The average Bonchev–Trinajstić information content (AvgIpc) is 3.32. The van der Waals surface area contributed by atoms with Crippen LogP contribution in [0.25, 0.3) is 0 Å². The van der Waals surface area contributed by atoms with Gasteiger partial charge in [-0.25, -0.2) is 4.39 Å². The smallest absolute Gasteiger partial charge is 0.129 e. The third kappa shape index (κ3) is 3.73. The van der Waals surface area contributed by atoms with Gasteiger partial charge in [-0.3, -0.25) is 4.90 Å². The van der Waals surface area contributed by atoms with Crippen molar-refractivity contribution in [2.75, 3.05) is 44.2 Å². The number of rotatable bonds is 6. The molecule has 5 heteroatoms. The average molecular weight is 333 g/mol. The number of hydrogen-bond donors (Lipinski definition) is 1. The van der Waals surface area contributed by atoms with Crippen LogP contribution in [0.1, 0.15) is 31.2 Å². The first-order valence-corrected chi connectivity index (χ1v) is 9.40. The fourth-order valence-corrected chi connectivity index (χ4v) is 3.97. The van der Waals surface area contributed by atoms with Crippen LogP contribution in [0.3, 0.4) is 0 Å². The van der Waals surface area contributed by atoms with E-state index >= 15 is 0 Å². The number of halogens is 1. The number of ether oxygens (including phenoxy) is 1. The van der Waals surface area contributed by atoms with Crippen molar-refractivity contribution in [3.05, 3.63) is 29.6 Å². The van der Waals surface area contributed by atoms with Gasteiger partial charge in [0.05, 0.1) is 12.7 Å². The molecule has 3 fully saturated rings. The van der Waals surface area contributed by atoms with E-state index in [9.17, 15) is 4.39 Å². The molecule has 2 heterocycles. The molecule has 24 heavy (non-hydrogen) atoms. The van der Waals surface area contributed by atoms with Crippen molar-refractivity contribution in [3.63, 3.8) is 0 Å². The molecule has 4 rings (SSSR count). The van der Waals surface area contributed by atoms with Crippen molar-refractivity contribution in [2.45, 2.75) is 44.4 Å². The predicted octanol–water partition coefficient (Wildman–Crippen LogP) is 2.38. The van der Waals surface area contributed by atoms with E-state index in [1.807, 2.05) is 6.07 Å². The maximum absolute atomic E-state index is 14.3. The van der Waals surface area contributed by atoms with Crippen molar-refractivity contribution in [2.24, 2.45) is 0 Å². The summed E-state index contributed by atoms with van der Waals surface area (Å²) in [4.78, 5) is 4.86. The van der Waals surface area contributed by atoms with Gasteiger partial charge in [0, 0.05) is 56.6 Å². The maximum atomic E-state index is 14.3. The second kappa shape index (κ2) is 7.38. The lowest BCUT2D eigenvalue weighted by Crippen LogP contribution is -2.47. The highest BCUT2D eigenvalue weighted by Crippen LogP contribution is 2.28. The summed E-state index contributed by atoms with van der Waals surface area (Å²) >= 11 is 0. The van der Waals surface area contributed by atoms with E-state index in [0.717, 1.165) is 56.6 Å². The minimum Gasteiger partial charge on any atom is -0.374 e. The van der Waals surface area contributed by atoms with Crippen LogP contribution in [0.5, 0.6) is 0 Å². The Bertz CT molecular complexity index is 558. The molecule has 132 valence electrons. The van der Waals surface area contributed by atoms with E-state index in [2.05, 4.69) is 21.2 Å². The maximum Gasteiger partial charge on any atom is 0.129 e. The van der Waals surface area contributed by atoms with Crippen molar-refractivity contribution in [3.8, 4) is 0 Å². The highest BCUT2D eigenvalue weighted by atomic mass is 19.1. The minimum absolute atomic E-state index is 0.101. The normalized spacial score (nSPS) is 25.4. The van der Waals surface area contributed by atoms with E-state index < -0.39 is 0 Å². The van der Waals surface area contributed by atoms with Crippen LogP contribution in [-0.4, -0.2) is 56.4 Å². The first-order chi connectivity index (χ1) is 11.8. The van der Waals surface area contributed by atoms with Gasteiger partial charge in [0.25, 0.3) is 0 Å². The molecule has 0 spiro atoms. The molecule has 0 radical (unpaired) electrons. The molecule has 1 saturated carbocycles. The summed E-state index contributed by atoms with van der Waals surface area (Å²) in [5, 5.41) is 3.44.